The van der Waals surface area contributed by atoms with Gasteiger partial charge in [0.15, 0.2) is 0 Å². The third-order valence-electron chi connectivity index (χ3n) is 5.88. The van der Waals surface area contributed by atoms with E-state index in [1.54, 1.807) is 21.7 Å². The zero-order valence-corrected chi connectivity index (χ0v) is 18.5. The fraction of sp³-hybridized carbons (Fsp3) is 0.240. The zero-order chi connectivity index (χ0) is 22.9. The Kier molecular flexibility index (Phi) is 5.51. The number of carbonyl (C=O) groups excluding carboxylic acids is 1. The van der Waals surface area contributed by atoms with E-state index in [1.165, 1.54) is 12.1 Å². The number of hydrogen-bond acceptors (Lipinski definition) is 4. The highest BCUT2D eigenvalue weighted by Gasteiger charge is 2.25. The number of ether oxygens (including phenoxy) is 1. The highest BCUT2D eigenvalue weighted by Crippen LogP contribution is 2.26. The minimum atomic E-state index is -0.302. The van der Waals surface area contributed by atoms with Crippen LogP contribution in [0.5, 0.6) is 0 Å². The molecule has 0 aliphatic carbocycles. The molecule has 1 aliphatic heterocycles. The van der Waals surface area contributed by atoms with Crippen LogP contribution in [0.2, 0.25) is 0 Å². The van der Waals surface area contributed by atoms with Gasteiger partial charge in [-0.3, -0.25) is 4.79 Å². The van der Waals surface area contributed by atoms with E-state index in [2.05, 4.69) is 15.1 Å². The number of aromatic nitrogens is 4. The van der Waals surface area contributed by atoms with Gasteiger partial charge in [0.05, 0.1) is 41.2 Å². The van der Waals surface area contributed by atoms with Gasteiger partial charge in [-0.1, -0.05) is 12.1 Å². The van der Waals surface area contributed by atoms with E-state index in [9.17, 15) is 9.18 Å². The standard InChI is InChI=1S/C25H24FN5O2/c1-16-20(17(2)31(29-16)19-9-7-18(26)8-10-19)15-21(25(32)30-11-13-33-14-12-30)24-27-22-5-3-4-6-23(22)28-24/h3-10,15H,11-14H2,1-2H3,(H,27,28). The number of aromatic amines is 1. The maximum Gasteiger partial charge on any atom is 0.257 e. The summed E-state index contributed by atoms with van der Waals surface area (Å²) in [6.07, 6.45) is 1.85. The van der Waals surface area contributed by atoms with Crippen molar-refractivity contribution >= 4 is 28.6 Å². The van der Waals surface area contributed by atoms with Crippen molar-refractivity contribution in [1.82, 2.24) is 24.6 Å². The number of hydrogen-bond donors (Lipinski definition) is 1. The highest BCUT2D eigenvalue weighted by atomic mass is 19.1. The number of halogens is 1. The lowest BCUT2D eigenvalue weighted by atomic mass is 10.1. The maximum atomic E-state index is 13.6. The molecule has 1 saturated heterocycles. The molecule has 1 aliphatic rings. The maximum absolute atomic E-state index is 13.6. The molecule has 5 rings (SSSR count). The van der Waals surface area contributed by atoms with Gasteiger partial charge in [0, 0.05) is 24.3 Å². The molecule has 0 atom stereocenters. The SMILES string of the molecule is Cc1nn(-c2ccc(F)cc2)c(C)c1C=C(C(=O)N1CCOCC1)c1nc2ccccc2[nH]1. The van der Waals surface area contributed by atoms with Crippen molar-refractivity contribution in [2.75, 3.05) is 26.3 Å². The Morgan fingerprint density at radius 2 is 1.82 bits per heavy atom. The van der Waals surface area contributed by atoms with Crippen molar-refractivity contribution < 1.29 is 13.9 Å². The Balaban J connectivity index is 1.62. The van der Waals surface area contributed by atoms with Gasteiger partial charge in [-0.15, -0.1) is 0 Å². The number of amides is 1. The topological polar surface area (TPSA) is 76.0 Å². The second kappa shape index (κ2) is 8.63. The second-order valence-electron chi connectivity index (χ2n) is 8.04. The smallest absolute Gasteiger partial charge is 0.257 e. The minimum Gasteiger partial charge on any atom is -0.378 e. The number of imidazole rings is 1. The summed E-state index contributed by atoms with van der Waals surface area (Å²) in [6.45, 7) is 5.92. The van der Waals surface area contributed by atoms with E-state index in [1.807, 2.05) is 44.2 Å². The van der Waals surface area contributed by atoms with Gasteiger partial charge in [-0.05, 0) is 56.3 Å². The molecular formula is C25H24FN5O2. The third kappa shape index (κ3) is 4.05. The summed E-state index contributed by atoms with van der Waals surface area (Å²) >= 11 is 0. The molecule has 1 fully saturated rings. The lowest BCUT2D eigenvalue weighted by Crippen LogP contribution is -2.41. The summed E-state index contributed by atoms with van der Waals surface area (Å²) in [4.78, 5) is 23.4. The van der Waals surface area contributed by atoms with Crippen molar-refractivity contribution in [1.29, 1.82) is 0 Å². The van der Waals surface area contributed by atoms with Gasteiger partial charge in [0.2, 0.25) is 0 Å². The van der Waals surface area contributed by atoms with Gasteiger partial charge in [-0.2, -0.15) is 5.10 Å². The van der Waals surface area contributed by atoms with E-state index in [-0.39, 0.29) is 11.7 Å². The molecule has 33 heavy (non-hydrogen) atoms. The third-order valence-corrected chi connectivity index (χ3v) is 5.88. The molecule has 2 aromatic heterocycles. The molecule has 1 N–H and O–H groups in total. The lowest BCUT2D eigenvalue weighted by molar-refractivity contribution is -0.128. The molecular weight excluding hydrogens is 421 g/mol. The van der Waals surface area contributed by atoms with E-state index >= 15 is 0 Å². The number of benzene rings is 2. The molecule has 168 valence electrons. The lowest BCUT2D eigenvalue weighted by Gasteiger charge is -2.27. The molecule has 0 radical (unpaired) electrons. The molecule has 0 unspecified atom stereocenters. The summed E-state index contributed by atoms with van der Waals surface area (Å²) in [7, 11) is 0. The molecule has 4 aromatic rings. The first-order valence-corrected chi connectivity index (χ1v) is 10.9. The number of rotatable bonds is 4. The zero-order valence-electron chi connectivity index (χ0n) is 18.5. The average Bonchev–Trinajstić information content (AvgIpc) is 3.39. The molecule has 0 spiro atoms. The Bertz CT molecular complexity index is 1310. The van der Waals surface area contributed by atoms with Crippen LogP contribution in [0.4, 0.5) is 4.39 Å². The summed E-state index contributed by atoms with van der Waals surface area (Å²) in [5, 5.41) is 4.65. The van der Waals surface area contributed by atoms with Crippen LogP contribution in [-0.4, -0.2) is 56.9 Å². The predicted molar refractivity (Wildman–Crippen MR) is 124 cm³/mol. The van der Waals surface area contributed by atoms with Gasteiger partial charge in [0.25, 0.3) is 5.91 Å². The van der Waals surface area contributed by atoms with E-state index < -0.39 is 0 Å². The van der Waals surface area contributed by atoms with Crippen LogP contribution in [0.3, 0.4) is 0 Å². The first kappa shape index (κ1) is 21.1. The number of aryl methyl sites for hydroxylation is 1. The van der Waals surface area contributed by atoms with Crippen molar-refractivity contribution in [3.05, 3.63) is 77.1 Å². The summed E-state index contributed by atoms with van der Waals surface area (Å²) in [5.41, 5.74) is 5.32. The Morgan fingerprint density at radius 1 is 1.09 bits per heavy atom. The molecule has 1 amide bonds. The van der Waals surface area contributed by atoms with Crippen LogP contribution >= 0.6 is 0 Å². The number of para-hydroxylation sites is 2. The molecule has 0 saturated carbocycles. The van der Waals surface area contributed by atoms with Crippen molar-refractivity contribution in [3.8, 4) is 5.69 Å². The highest BCUT2D eigenvalue weighted by molar-refractivity contribution is 6.23. The first-order valence-electron chi connectivity index (χ1n) is 10.9. The molecule has 3 heterocycles. The minimum absolute atomic E-state index is 0.106. The number of fused-ring (bicyclic) bond motifs is 1. The van der Waals surface area contributed by atoms with Gasteiger partial charge in [0.1, 0.15) is 11.6 Å². The number of morpholine rings is 1. The predicted octanol–water partition coefficient (Wildman–Crippen LogP) is 3.90. The number of nitrogens with zero attached hydrogens (tertiary/aromatic N) is 4. The number of H-pyrrole nitrogens is 1. The Labute approximate surface area is 190 Å². The fourth-order valence-corrected chi connectivity index (χ4v) is 4.09. The van der Waals surface area contributed by atoms with Gasteiger partial charge < -0.3 is 14.6 Å². The Morgan fingerprint density at radius 3 is 2.55 bits per heavy atom. The van der Waals surface area contributed by atoms with Crippen LogP contribution in [0.1, 0.15) is 22.8 Å². The summed E-state index contributed by atoms with van der Waals surface area (Å²) in [6, 6.07) is 13.9. The van der Waals surface area contributed by atoms with Crippen LogP contribution in [0.25, 0.3) is 28.4 Å². The van der Waals surface area contributed by atoms with Gasteiger partial charge in [-0.25, -0.2) is 14.1 Å². The average molecular weight is 445 g/mol. The second-order valence-corrected chi connectivity index (χ2v) is 8.04. The van der Waals surface area contributed by atoms with E-state index in [0.717, 1.165) is 33.7 Å². The van der Waals surface area contributed by atoms with E-state index in [0.29, 0.717) is 37.7 Å². The molecule has 0 bridgehead atoms. The summed E-state index contributed by atoms with van der Waals surface area (Å²) in [5.74, 6) is 0.107. The van der Waals surface area contributed by atoms with Crippen LogP contribution < -0.4 is 0 Å². The largest absolute Gasteiger partial charge is 0.378 e. The van der Waals surface area contributed by atoms with Crippen molar-refractivity contribution in [2.24, 2.45) is 0 Å². The van der Waals surface area contributed by atoms with Crippen LogP contribution in [0.15, 0.2) is 48.5 Å². The first-order chi connectivity index (χ1) is 16.0. The molecule has 7 nitrogen and oxygen atoms in total. The number of nitrogens with one attached hydrogen (secondary N) is 1. The number of carbonyl (C=O) groups is 1. The molecule has 8 heteroatoms. The quantitative estimate of drug-likeness (QED) is 0.484. The van der Waals surface area contributed by atoms with Gasteiger partial charge >= 0.3 is 0 Å². The van der Waals surface area contributed by atoms with Crippen LogP contribution in [0, 0.1) is 19.7 Å². The Hall–Kier alpha value is -3.78. The monoisotopic (exact) mass is 445 g/mol. The summed E-state index contributed by atoms with van der Waals surface area (Å²) < 4.78 is 20.6. The fourth-order valence-electron chi connectivity index (χ4n) is 4.09. The van der Waals surface area contributed by atoms with Crippen molar-refractivity contribution in [3.63, 3.8) is 0 Å². The van der Waals surface area contributed by atoms with E-state index in [4.69, 9.17) is 4.74 Å². The molecule has 2 aromatic carbocycles. The van der Waals surface area contributed by atoms with Crippen LogP contribution in [-0.2, 0) is 9.53 Å². The normalized spacial score (nSPS) is 14.8. The van der Waals surface area contributed by atoms with Crippen molar-refractivity contribution in [2.45, 2.75) is 13.8 Å².